The van der Waals surface area contributed by atoms with Gasteiger partial charge in [0.2, 0.25) is 0 Å². The maximum atomic E-state index is 12.5. The first-order valence-corrected chi connectivity index (χ1v) is 9.76. The molecule has 1 fully saturated rings. The molecule has 0 radical (unpaired) electrons. The van der Waals surface area contributed by atoms with Gasteiger partial charge in [0.25, 0.3) is 0 Å². The summed E-state index contributed by atoms with van der Waals surface area (Å²) in [5.74, 6) is 0.111. The molecule has 0 saturated carbocycles. The fourth-order valence-electron chi connectivity index (χ4n) is 2.55. The first-order chi connectivity index (χ1) is 11.9. The van der Waals surface area contributed by atoms with Crippen LogP contribution in [0.2, 0.25) is 0 Å². The monoisotopic (exact) mass is 377 g/mol. The van der Waals surface area contributed by atoms with E-state index < -0.39 is 31.7 Å². The summed E-state index contributed by atoms with van der Waals surface area (Å²) < 4.78 is 35.3. The Morgan fingerprint density at radius 1 is 1.44 bits per heavy atom. The number of aliphatic hydroxyl groups is 1. The summed E-state index contributed by atoms with van der Waals surface area (Å²) in [5, 5.41) is 9.49. The molecule has 3 atom stereocenters. The number of aliphatic hydroxyl groups excluding tert-OH is 1. The quantitative estimate of drug-likeness (QED) is 0.596. The zero-order valence-electron chi connectivity index (χ0n) is 14.2. The van der Waals surface area contributed by atoms with Crippen molar-refractivity contribution in [3.05, 3.63) is 22.7 Å². The van der Waals surface area contributed by atoms with E-state index >= 15 is 0 Å². The summed E-state index contributed by atoms with van der Waals surface area (Å²) in [4.78, 5) is 15.6. The van der Waals surface area contributed by atoms with Crippen molar-refractivity contribution in [2.75, 3.05) is 31.9 Å². The fraction of sp³-hybridized carbons (Fsp3) is 0.714. The van der Waals surface area contributed by atoms with Crippen molar-refractivity contribution in [1.82, 2.24) is 9.55 Å². The molecule has 10 nitrogen and oxygen atoms in total. The van der Waals surface area contributed by atoms with Crippen LogP contribution in [0.5, 0.6) is 0 Å². The van der Waals surface area contributed by atoms with E-state index in [1.807, 2.05) is 0 Å². The number of hydrogen-bond donors (Lipinski definition) is 2. The van der Waals surface area contributed by atoms with Crippen LogP contribution in [0.4, 0.5) is 5.82 Å². The van der Waals surface area contributed by atoms with Crippen LogP contribution < -0.4 is 11.4 Å². The zero-order chi connectivity index (χ0) is 18.4. The minimum atomic E-state index is -3.37. The zero-order valence-corrected chi connectivity index (χ0v) is 15.1. The largest absolute Gasteiger partial charge is 0.394 e. The fourth-order valence-corrected chi connectivity index (χ4v) is 3.93. The maximum absolute atomic E-state index is 12.5. The second-order valence-corrected chi connectivity index (χ2v) is 7.37. The summed E-state index contributed by atoms with van der Waals surface area (Å²) in [6, 6.07) is 1.48. The van der Waals surface area contributed by atoms with Gasteiger partial charge in [-0.05, 0) is 19.9 Å². The van der Waals surface area contributed by atoms with Crippen molar-refractivity contribution in [3.63, 3.8) is 0 Å². The van der Waals surface area contributed by atoms with E-state index in [9.17, 15) is 14.5 Å². The molecule has 1 aliphatic heterocycles. The van der Waals surface area contributed by atoms with E-state index in [4.69, 9.17) is 24.3 Å². The van der Waals surface area contributed by atoms with Gasteiger partial charge in [0.05, 0.1) is 25.9 Å². The number of nitrogens with zero attached hydrogens (tertiary/aromatic N) is 2. The highest BCUT2D eigenvalue weighted by Gasteiger charge is 2.39. The normalized spacial score (nSPS) is 23.9. The van der Waals surface area contributed by atoms with E-state index in [1.54, 1.807) is 13.8 Å². The van der Waals surface area contributed by atoms with Crippen LogP contribution in [0.25, 0.3) is 0 Å². The van der Waals surface area contributed by atoms with E-state index in [2.05, 4.69) is 4.98 Å². The predicted molar refractivity (Wildman–Crippen MR) is 89.1 cm³/mol. The third kappa shape index (κ3) is 5.10. The molecule has 1 aromatic rings. The first-order valence-electron chi connectivity index (χ1n) is 8.03. The molecule has 1 saturated heterocycles. The average molecular weight is 377 g/mol. The second-order valence-electron chi connectivity index (χ2n) is 5.37. The third-order valence-corrected chi connectivity index (χ3v) is 5.39. The number of anilines is 1. The Kier molecular flexibility index (Phi) is 7.12. The van der Waals surface area contributed by atoms with E-state index in [0.29, 0.717) is 0 Å². The molecule has 0 aliphatic carbocycles. The van der Waals surface area contributed by atoms with Gasteiger partial charge in [-0.1, -0.05) is 0 Å². The highest BCUT2D eigenvalue weighted by molar-refractivity contribution is 7.53. The Labute approximate surface area is 145 Å². The lowest BCUT2D eigenvalue weighted by molar-refractivity contribution is -0.0579. The molecule has 0 unspecified atom stereocenters. The molecular formula is C14H24N3O7P. The van der Waals surface area contributed by atoms with Crippen LogP contribution in [-0.2, 0) is 23.1 Å². The van der Waals surface area contributed by atoms with Crippen LogP contribution in [0, 0.1) is 0 Å². The number of nitrogen functional groups attached to an aromatic ring is 1. The molecule has 2 rings (SSSR count). The Balaban J connectivity index is 2.06. The van der Waals surface area contributed by atoms with Gasteiger partial charge in [0.1, 0.15) is 24.5 Å². The summed E-state index contributed by atoms with van der Waals surface area (Å²) >= 11 is 0. The van der Waals surface area contributed by atoms with Crippen LogP contribution in [-0.4, -0.2) is 53.0 Å². The lowest BCUT2D eigenvalue weighted by Crippen LogP contribution is -2.28. The van der Waals surface area contributed by atoms with Crippen molar-refractivity contribution < 1.29 is 28.2 Å². The van der Waals surface area contributed by atoms with Gasteiger partial charge in [-0.3, -0.25) is 9.13 Å². The van der Waals surface area contributed by atoms with Gasteiger partial charge >= 0.3 is 13.3 Å². The molecule has 11 heteroatoms. The molecule has 2 heterocycles. The molecule has 142 valence electrons. The molecule has 1 aromatic heterocycles. The summed E-state index contributed by atoms with van der Waals surface area (Å²) in [6.07, 6.45) is -0.436. The van der Waals surface area contributed by atoms with Gasteiger partial charge < -0.3 is 29.4 Å². The average Bonchev–Trinajstić information content (AvgIpc) is 2.96. The number of hydrogen-bond acceptors (Lipinski definition) is 9. The smallest absolute Gasteiger partial charge is 0.356 e. The molecule has 1 aliphatic rings. The van der Waals surface area contributed by atoms with Gasteiger partial charge in [0.15, 0.2) is 0 Å². The number of ether oxygens (including phenoxy) is 2. The highest BCUT2D eigenvalue weighted by Crippen LogP contribution is 2.48. The molecule has 0 amide bonds. The van der Waals surface area contributed by atoms with Crippen molar-refractivity contribution in [3.8, 4) is 0 Å². The van der Waals surface area contributed by atoms with E-state index in [1.165, 1.54) is 16.8 Å². The Hall–Kier alpha value is -1.29. The van der Waals surface area contributed by atoms with E-state index in [0.717, 1.165) is 0 Å². The number of nitrogens with two attached hydrogens (primary N) is 1. The minimum Gasteiger partial charge on any atom is -0.394 e. The predicted octanol–water partition coefficient (Wildman–Crippen LogP) is 0.714. The molecule has 3 N–H and O–H groups in total. The standard InChI is InChI=1S/C14H24N3O7P/c1-3-22-25(20,23-4-2)9-21-10-7-13(24-11(10)8-18)17-6-5-12(15)16-14(17)19/h5-6,10-11,13,18H,3-4,7-9H2,1-2H3,(H2,15,16,19)/t10-,11+,13+/m0/s1. The Bertz CT molecular complexity index is 658. The van der Waals surface area contributed by atoms with Crippen LogP contribution in [0.1, 0.15) is 26.5 Å². The van der Waals surface area contributed by atoms with Gasteiger partial charge in [-0.25, -0.2) is 4.79 Å². The lowest BCUT2D eigenvalue weighted by atomic mass is 10.2. The Morgan fingerprint density at radius 2 is 2.12 bits per heavy atom. The molecule has 0 aromatic carbocycles. The summed E-state index contributed by atoms with van der Waals surface area (Å²) in [7, 11) is -3.37. The lowest BCUT2D eigenvalue weighted by Gasteiger charge is -2.21. The van der Waals surface area contributed by atoms with E-state index in [-0.39, 0.29) is 38.4 Å². The van der Waals surface area contributed by atoms with Gasteiger partial charge in [-0.15, -0.1) is 0 Å². The van der Waals surface area contributed by atoms with Gasteiger partial charge in [-0.2, -0.15) is 4.98 Å². The summed E-state index contributed by atoms with van der Waals surface area (Å²) in [5.41, 5.74) is 4.91. The SMILES string of the molecule is CCOP(=O)(CO[C@H]1C[C@H](n2ccc(N)nc2=O)O[C@@H]1CO)OCC. The minimum absolute atomic E-state index is 0.111. The van der Waals surface area contributed by atoms with Crippen molar-refractivity contribution in [2.24, 2.45) is 0 Å². The van der Waals surface area contributed by atoms with Crippen molar-refractivity contribution in [1.29, 1.82) is 0 Å². The van der Waals surface area contributed by atoms with Gasteiger partial charge in [0, 0.05) is 12.6 Å². The van der Waals surface area contributed by atoms with Crippen LogP contribution in [0.15, 0.2) is 17.1 Å². The second kappa shape index (κ2) is 8.88. The first kappa shape index (κ1) is 20.0. The number of aromatic nitrogens is 2. The summed E-state index contributed by atoms with van der Waals surface area (Å²) in [6.45, 7) is 3.54. The molecule has 0 spiro atoms. The number of rotatable bonds is 9. The van der Waals surface area contributed by atoms with Crippen LogP contribution in [0.3, 0.4) is 0 Å². The van der Waals surface area contributed by atoms with Crippen molar-refractivity contribution in [2.45, 2.75) is 38.7 Å². The topological polar surface area (TPSA) is 135 Å². The maximum Gasteiger partial charge on any atom is 0.356 e. The molecule has 25 heavy (non-hydrogen) atoms. The molecule has 0 bridgehead atoms. The third-order valence-electron chi connectivity index (χ3n) is 3.62. The van der Waals surface area contributed by atoms with Crippen molar-refractivity contribution >= 4 is 13.4 Å². The Morgan fingerprint density at radius 3 is 2.68 bits per heavy atom. The molecular weight excluding hydrogens is 353 g/mol. The highest BCUT2D eigenvalue weighted by atomic mass is 31.2. The van der Waals surface area contributed by atoms with Crippen LogP contribution >= 0.6 is 7.60 Å².